The number of rotatable bonds is 4. The van der Waals surface area contributed by atoms with Gasteiger partial charge >= 0.3 is 0 Å². The van der Waals surface area contributed by atoms with Crippen LogP contribution in [-0.4, -0.2) is 11.8 Å². The Labute approximate surface area is 168 Å². The first-order chi connectivity index (χ1) is 13.1. The summed E-state index contributed by atoms with van der Waals surface area (Å²) >= 11 is 1.45. The number of nitrogens with two attached hydrogens (primary N) is 1. The largest absolute Gasteiger partial charge is 0.365 e. The van der Waals surface area contributed by atoms with Crippen LogP contribution in [0, 0.1) is 17.2 Å². The van der Waals surface area contributed by atoms with Crippen molar-refractivity contribution in [3.63, 3.8) is 0 Å². The maximum Gasteiger partial charge on any atom is 0.251 e. The second-order valence-corrected chi connectivity index (χ2v) is 9.36. The Bertz CT molecular complexity index is 923. The van der Waals surface area contributed by atoms with Crippen LogP contribution < -0.4 is 11.1 Å². The van der Waals surface area contributed by atoms with Gasteiger partial charge in [0.25, 0.3) is 5.91 Å². The molecule has 1 aliphatic rings. The Morgan fingerprint density at radius 2 is 1.93 bits per heavy atom. The summed E-state index contributed by atoms with van der Waals surface area (Å²) in [5, 5.41) is 3.32. The lowest BCUT2D eigenvalue weighted by Crippen LogP contribution is -2.27. The molecule has 1 heterocycles. The van der Waals surface area contributed by atoms with Gasteiger partial charge in [0.05, 0.1) is 5.56 Å². The van der Waals surface area contributed by atoms with Crippen molar-refractivity contribution in [3.05, 3.63) is 57.7 Å². The van der Waals surface area contributed by atoms with Gasteiger partial charge in [0.2, 0.25) is 5.91 Å². The summed E-state index contributed by atoms with van der Waals surface area (Å²) in [6.07, 6.45) is 5.67. The molecule has 0 radical (unpaired) electrons. The van der Waals surface area contributed by atoms with Gasteiger partial charge in [-0.15, -0.1) is 11.3 Å². The lowest BCUT2D eigenvalue weighted by atomic mass is 9.72. The average Bonchev–Trinajstić information content (AvgIpc) is 2.97. The summed E-state index contributed by atoms with van der Waals surface area (Å²) in [7, 11) is 0. The fourth-order valence-corrected chi connectivity index (χ4v) is 4.91. The van der Waals surface area contributed by atoms with E-state index in [0.717, 1.165) is 29.7 Å². The van der Waals surface area contributed by atoms with Gasteiger partial charge in [0, 0.05) is 11.0 Å². The zero-order chi connectivity index (χ0) is 20.5. The average molecular weight is 401 g/mol. The minimum atomic E-state index is -0.510. The van der Waals surface area contributed by atoms with Crippen molar-refractivity contribution in [1.29, 1.82) is 0 Å². The third-order valence-electron chi connectivity index (χ3n) is 5.27. The normalized spacial score (nSPS) is 16.8. The van der Waals surface area contributed by atoms with Crippen LogP contribution in [0.4, 0.5) is 9.39 Å². The monoisotopic (exact) mass is 400 g/mol. The smallest absolute Gasteiger partial charge is 0.251 e. The number of hydrogen-bond acceptors (Lipinski definition) is 3. The number of carbonyl (C=O) groups is 2. The fraction of sp³-hybridized carbons (Fsp3) is 0.364. The van der Waals surface area contributed by atoms with E-state index in [-0.39, 0.29) is 17.1 Å². The standard InChI is InChI=1S/C22H25FN2O2S/c1-22(2,3)14-7-10-16-17(12-14)28-21(19(16)20(24)27)25-18(26)11-6-13-4-8-15(23)9-5-13/h4-6,8-9,11,14H,7,10,12H2,1-3H3,(H2,24,27)(H,25,26)/b11-6-/t14-/m0/s1. The Hall–Kier alpha value is -2.47. The predicted molar refractivity (Wildman–Crippen MR) is 112 cm³/mol. The van der Waals surface area contributed by atoms with Gasteiger partial charge in [-0.25, -0.2) is 4.39 Å². The first-order valence-corrected chi connectivity index (χ1v) is 10.2. The quantitative estimate of drug-likeness (QED) is 0.725. The zero-order valence-electron chi connectivity index (χ0n) is 16.3. The number of carbonyl (C=O) groups excluding carboxylic acids is 2. The van der Waals surface area contributed by atoms with Crippen LogP contribution in [0.3, 0.4) is 0 Å². The van der Waals surface area contributed by atoms with Gasteiger partial charge in [-0.3, -0.25) is 9.59 Å². The maximum atomic E-state index is 13.0. The molecule has 0 unspecified atom stereocenters. The van der Waals surface area contributed by atoms with Crippen molar-refractivity contribution in [1.82, 2.24) is 0 Å². The summed E-state index contributed by atoms with van der Waals surface area (Å²) in [6, 6.07) is 5.85. The highest BCUT2D eigenvalue weighted by atomic mass is 32.1. The number of thiophene rings is 1. The van der Waals surface area contributed by atoms with E-state index >= 15 is 0 Å². The molecule has 4 nitrogen and oxygen atoms in total. The number of anilines is 1. The van der Waals surface area contributed by atoms with Gasteiger partial charge in [-0.2, -0.15) is 0 Å². The van der Waals surface area contributed by atoms with Crippen molar-refractivity contribution in [2.45, 2.75) is 40.0 Å². The fourth-order valence-electron chi connectivity index (χ4n) is 3.57. The molecule has 0 saturated carbocycles. The summed E-state index contributed by atoms with van der Waals surface area (Å²) < 4.78 is 13.0. The lowest BCUT2D eigenvalue weighted by Gasteiger charge is -2.33. The number of halogens is 1. The molecule has 0 fully saturated rings. The maximum absolute atomic E-state index is 13.0. The molecule has 1 aromatic carbocycles. The molecule has 0 spiro atoms. The first-order valence-electron chi connectivity index (χ1n) is 9.34. The molecule has 2 aromatic rings. The van der Waals surface area contributed by atoms with E-state index in [2.05, 4.69) is 26.1 Å². The molecule has 2 amide bonds. The third-order valence-corrected chi connectivity index (χ3v) is 6.44. The Kier molecular flexibility index (Phi) is 5.70. The number of fused-ring (bicyclic) bond motifs is 1. The van der Waals surface area contributed by atoms with Crippen LogP contribution >= 0.6 is 11.3 Å². The second-order valence-electron chi connectivity index (χ2n) is 8.25. The molecule has 1 aliphatic carbocycles. The Balaban J connectivity index is 1.80. The van der Waals surface area contributed by atoms with Crippen molar-refractivity contribution < 1.29 is 14.0 Å². The molecule has 3 N–H and O–H groups in total. The van der Waals surface area contributed by atoms with Crippen LogP contribution in [0.1, 0.15) is 53.6 Å². The van der Waals surface area contributed by atoms with Gasteiger partial charge in [-0.1, -0.05) is 32.9 Å². The number of nitrogens with one attached hydrogen (secondary N) is 1. The van der Waals surface area contributed by atoms with Crippen LogP contribution in [0.15, 0.2) is 30.3 Å². The van der Waals surface area contributed by atoms with E-state index < -0.39 is 5.91 Å². The minimum absolute atomic E-state index is 0.190. The van der Waals surface area contributed by atoms with Crippen LogP contribution in [0.5, 0.6) is 0 Å². The second kappa shape index (κ2) is 7.87. The van der Waals surface area contributed by atoms with Gasteiger partial charge in [-0.05, 0) is 59.9 Å². The van der Waals surface area contributed by atoms with Gasteiger partial charge in [0.15, 0.2) is 0 Å². The highest BCUT2D eigenvalue weighted by molar-refractivity contribution is 7.17. The Morgan fingerprint density at radius 1 is 1.25 bits per heavy atom. The van der Waals surface area contributed by atoms with E-state index in [4.69, 9.17) is 5.73 Å². The molecular weight excluding hydrogens is 375 g/mol. The Morgan fingerprint density at radius 3 is 2.54 bits per heavy atom. The number of hydrogen-bond donors (Lipinski definition) is 2. The highest BCUT2D eigenvalue weighted by Gasteiger charge is 2.33. The van der Waals surface area contributed by atoms with Gasteiger partial charge < -0.3 is 11.1 Å². The topological polar surface area (TPSA) is 72.2 Å². The molecule has 6 heteroatoms. The van der Waals surface area contributed by atoms with Crippen LogP contribution in [-0.2, 0) is 17.6 Å². The number of benzene rings is 1. The van der Waals surface area contributed by atoms with Crippen molar-refractivity contribution in [3.8, 4) is 0 Å². The minimum Gasteiger partial charge on any atom is -0.365 e. The number of primary amides is 1. The molecular formula is C22H25FN2O2S. The van der Waals surface area contributed by atoms with Crippen molar-refractivity contribution in [2.24, 2.45) is 17.1 Å². The summed E-state index contributed by atoms with van der Waals surface area (Å²) in [5.41, 5.74) is 7.95. The molecule has 0 saturated heterocycles. The molecule has 0 bridgehead atoms. The third kappa shape index (κ3) is 4.50. The van der Waals surface area contributed by atoms with Crippen molar-refractivity contribution >= 4 is 34.2 Å². The highest BCUT2D eigenvalue weighted by Crippen LogP contribution is 2.44. The molecule has 1 atom stereocenters. The van der Waals surface area contributed by atoms with E-state index in [1.807, 2.05) is 0 Å². The van der Waals surface area contributed by atoms with Gasteiger partial charge in [0.1, 0.15) is 10.8 Å². The van der Waals surface area contributed by atoms with E-state index in [9.17, 15) is 14.0 Å². The van der Waals surface area contributed by atoms with Crippen LogP contribution in [0.2, 0.25) is 0 Å². The first kappa shape index (κ1) is 20.3. The molecule has 0 aliphatic heterocycles. The summed E-state index contributed by atoms with van der Waals surface area (Å²) in [6.45, 7) is 6.69. The van der Waals surface area contributed by atoms with Crippen LogP contribution in [0.25, 0.3) is 6.08 Å². The summed E-state index contributed by atoms with van der Waals surface area (Å²) in [5.74, 6) is -0.658. The summed E-state index contributed by atoms with van der Waals surface area (Å²) in [4.78, 5) is 25.5. The van der Waals surface area contributed by atoms with E-state index in [1.54, 1.807) is 18.2 Å². The predicted octanol–water partition coefficient (Wildman–Crippen LogP) is 4.79. The molecule has 1 aromatic heterocycles. The number of amides is 2. The van der Waals surface area contributed by atoms with E-state index in [0.29, 0.717) is 22.0 Å². The molecule has 3 rings (SSSR count). The molecule has 148 valence electrons. The lowest BCUT2D eigenvalue weighted by molar-refractivity contribution is -0.111. The SMILES string of the molecule is CC(C)(C)[C@H]1CCc2c(sc(NC(=O)/C=C\c3ccc(F)cc3)c2C(N)=O)C1. The van der Waals surface area contributed by atoms with Crippen molar-refractivity contribution in [2.75, 3.05) is 5.32 Å². The zero-order valence-corrected chi connectivity index (χ0v) is 17.2. The van der Waals surface area contributed by atoms with E-state index in [1.165, 1.54) is 29.5 Å². The molecule has 28 heavy (non-hydrogen) atoms.